The SMILES string of the molecule is CCCC1(Cn2nnnc2-c2cc(OC)ccc2N)CC1. The van der Waals surface area contributed by atoms with E-state index in [9.17, 15) is 0 Å². The number of tetrazole rings is 1. The van der Waals surface area contributed by atoms with E-state index in [0.29, 0.717) is 16.9 Å². The quantitative estimate of drug-likeness (QED) is 0.826. The van der Waals surface area contributed by atoms with Crippen molar-refractivity contribution in [3.8, 4) is 17.1 Å². The van der Waals surface area contributed by atoms with Gasteiger partial charge in [-0.15, -0.1) is 5.10 Å². The third kappa shape index (κ3) is 2.70. The van der Waals surface area contributed by atoms with E-state index in [1.54, 1.807) is 7.11 Å². The Bertz CT molecular complexity index is 633. The van der Waals surface area contributed by atoms with Crippen molar-refractivity contribution in [1.82, 2.24) is 20.2 Å². The lowest BCUT2D eigenvalue weighted by molar-refractivity contribution is 0.365. The van der Waals surface area contributed by atoms with Gasteiger partial charge < -0.3 is 10.5 Å². The molecule has 1 fully saturated rings. The largest absolute Gasteiger partial charge is 0.497 e. The zero-order valence-electron chi connectivity index (χ0n) is 12.5. The standard InChI is InChI=1S/C15H21N5O/c1-3-6-15(7-8-15)10-20-14(17-18-19-20)12-9-11(21-2)4-5-13(12)16/h4-5,9H,3,6-8,10,16H2,1-2H3. The average molecular weight is 287 g/mol. The van der Waals surface area contributed by atoms with Crippen LogP contribution in [0.25, 0.3) is 11.4 Å². The molecule has 2 N–H and O–H groups in total. The highest BCUT2D eigenvalue weighted by molar-refractivity contribution is 5.73. The monoisotopic (exact) mass is 287 g/mol. The number of aromatic nitrogens is 4. The van der Waals surface area contributed by atoms with Gasteiger partial charge in [0.1, 0.15) is 5.75 Å². The third-order valence-corrected chi connectivity index (χ3v) is 4.26. The second kappa shape index (κ2) is 5.35. The summed E-state index contributed by atoms with van der Waals surface area (Å²) in [6.45, 7) is 3.08. The lowest BCUT2D eigenvalue weighted by atomic mass is 10.0. The summed E-state index contributed by atoms with van der Waals surface area (Å²) in [4.78, 5) is 0. The van der Waals surface area contributed by atoms with Crippen LogP contribution in [-0.4, -0.2) is 27.3 Å². The van der Waals surface area contributed by atoms with Crippen LogP contribution in [0.5, 0.6) is 5.75 Å². The summed E-state index contributed by atoms with van der Waals surface area (Å²) in [5.74, 6) is 1.47. The minimum absolute atomic E-state index is 0.381. The molecule has 0 radical (unpaired) electrons. The van der Waals surface area contributed by atoms with Crippen LogP contribution < -0.4 is 10.5 Å². The summed E-state index contributed by atoms with van der Waals surface area (Å²) < 4.78 is 7.15. The molecule has 112 valence electrons. The number of benzene rings is 1. The summed E-state index contributed by atoms with van der Waals surface area (Å²) in [6, 6.07) is 5.55. The Hall–Kier alpha value is -2.11. The number of nitrogen functional groups attached to an aromatic ring is 1. The highest BCUT2D eigenvalue weighted by atomic mass is 16.5. The lowest BCUT2D eigenvalue weighted by Crippen LogP contribution is -2.14. The van der Waals surface area contributed by atoms with E-state index in [1.807, 2.05) is 22.9 Å². The number of anilines is 1. The van der Waals surface area contributed by atoms with Gasteiger partial charge in [0, 0.05) is 11.3 Å². The number of rotatable bonds is 6. The van der Waals surface area contributed by atoms with Crippen molar-refractivity contribution in [3.63, 3.8) is 0 Å². The fraction of sp³-hybridized carbons (Fsp3) is 0.533. The molecule has 1 aliphatic rings. The smallest absolute Gasteiger partial charge is 0.184 e. The molecule has 0 amide bonds. The first-order chi connectivity index (χ1) is 10.2. The molecule has 0 unspecified atom stereocenters. The number of nitrogens with two attached hydrogens (primary N) is 1. The fourth-order valence-electron chi connectivity index (χ4n) is 2.87. The molecule has 0 spiro atoms. The van der Waals surface area contributed by atoms with Gasteiger partial charge in [-0.1, -0.05) is 13.3 Å². The van der Waals surface area contributed by atoms with Crippen molar-refractivity contribution < 1.29 is 4.74 Å². The molecular formula is C15H21N5O. The van der Waals surface area contributed by atoms with Crippen LogP contribution in [0, 0.1) is 5.41 Å². The van der Waals surface area contributed by atoms with Gasteiger partial charge in [0.15, 0.2) is 5.82 Å². The van der Waals surface area contributed by atoms with Crippen molar-refractivity contribution in [2.24, 2.45) is 5.41 Å². The maximum absolute atomic E-state index is 6.08. The first-order valence-corrected chi connectivity index (χ1v) is 7.37. The molecule has 1 aromatic heterocycles. The van der Waals surface area contributed by atoms with Gasteiger partial charge in [-0.3, -0.25) is 0 Å². The molecule has 2 aromatic rings. The van der Waals surface area contributed by atoms with Crippen LogP contribution >= 0.6 is 0 Å². The number of nitrogens with zero attached hydrogens (tertiary/aromatic N) is 4. The summed E-state index contributed by atoms with van der Waals surface area (Å²) >= 11 is 0. The van der Waals surface area contributed by atoms with Gasteiger partial charge in [-0.05, 0) is 53.3 Å². The molecule has 21 heavy (non-hydrogen) atoms. The van der Waals surface area contributed by atoms with Gasteiger partial charge >= 0.3 is 0 Å². The summed E-state index contributed by atoms with van der Waals surface area (Å²) in [6.07, 6.45) is 4.93. The van der Waals surface area contributed by atoms with Gasteiger partial charge in [0.05, 0.1) is 13.7 Å². The number of methoxy groups -OCH3 is 1. The highest BCUT2D eigenvalue weighted by Gasteiger charge is 2.42. The molecular weight excluding hydrogens is 266 g/mol. The zero-order chi connectivity index (χ0) is 14.9. The van der Waals surface area contributed by atoms with Crippen LogP contribution in [0.2, 0.25) is 0 Å². The summed E-state index contributed by atoms with van der Waals surface area (Å²) in [7, 11) is 1.64. The molecule has 0 saturated heterocycles. The maximum Gasteiger partial charge on any atom is 0.184 e. The Labute approximate surface area is 124 Å². The van der Waals surface area contributed by atoms with Crippen molar-refractivity contribution in [2.75, 3.05) is 12.8 Å². The molecule has 0 bridgehead atoms. The van der Waals surface area contributed by atoms with Gasteiger partial charge in [0.25, 0.3) is 0 Å². The van der Waals surface area contributed by atoms with Crippen molar-refractivity contribution >= 4 is 5.69 Å². The molecule has 6 nitrogen and oxygen atoms in total. The normalized spacial score (nSPS) is 15.9. The van der Waals surface area contributed by atoms with E-state index in [-0.39, 0.29) is 0 Å². The van der Waals surface area contributed by atoms with E-state index in [0.717, 1.165) is 17.9 Å². The van der Waals surface area contributed by atoms with Crippen LogP contribution in [0.1, 0.15) is 32.6 Å². The zero-order valence-corrected chi connectivity index (χ0v) is 12.5. The summed E-state index contributed by atoms with van der Waals surface area (Å²) in [5, 5.41) is 12.2. The van der Waals surface area contributed by atoms with Crippen molar-refractivity contribution in [3.05, 3.63) is 18.2 Å². The molecule has 3 rings (SSSR count). The Balaban J connectivity index is 1.92. The first kappa shape index (κ1) is 13.9. The van der Waals surface area contributed by atoms with Gasteiger partial charge in [-0.25, -0.2) is 4.68 Å². The van der Waals surface area contributed by atoms with E-state index in [1.165, 1.54) is 25.7 Å². The first-order valence-electron chi connectivity index (χ1n) is 7.37. The minimum atomic E-state index is 0.381. The number of hydrogen-bond acceptors (Lipinski definition) is 5. The van der Waals surface area contributed by atoms with E-state index in [2.05, 4.69) is 22.4 Å². The highest BCUT2D eigenvalue weighted by Crippen LogP contribution is 2.51. The lowest BCUT2D eigenvalue weighted by Gasteiger charge is -2.15. The van der Waals surface area contributed by atoms with Crippen molar-refractivity contribution in [1.29, 1.82) is 0 Å². The molecule has 0 atom stereocenters. The predicted octanol–water partition coefficient (Wildman–Crippen LogP) is 2.51. The van der Waals surface area contributed by atoms with Crippen LogP contribution in [0.15, 0.2) is 18.2 Å². The van der Waals surface area contributed by atoms with Crippen LogP contribution in [0.4, 0.5) is 5.69 Å². The fourth-order valence-corrected chi connectivity index (χ4v) is 2.87. The number of hydrogen-bond donors (Lipinski definition) is 1. The Morgan fingerprint density at radius 3 is 2.86 bits per heavy atom. The van der Waals surface area contributed by atoms with Crippen LogP contribution in [0.3, 0.4) is 0 Å². The van der Waals surface area contributed by atoms with Crippen molar-refractivity contribution in [2.45, 2.75) is 39.2 Å². The second-order valence-corrected chi connectivity index (χ2v) is 5.86. The second-order valence-electron chi connectivity index (χ2n) is 5.86. The minimum Gasteiger partial charge on any atom is -0.497 e. The topological polar surface area (TPSA) is 78.8 Å². The Kier molecular flexibility index (Phi) is 3.53. The molecule has 6 heteroatoms. The molecule has 1 saturated carbocycles. The van der Waals surface area contributed by atoms with Gasteiger partial charge in [-0.2, -0.15) is 0 Å². The van der Waals surface area contributed by atoms with Gasteiger partial charge in [0.2, 0.25) is 0 Å². The van der Waals surface area contributed by atoms with E-state index >= 15 is 0 Å². The number of ether oxygens (including phenoxy) is 1. The Morgan fingerprint density at radius 2 is 2.19 bits per heavy atom. The van der Waals surface area contributed by atoms with E-state index in [4.69, 9.17) is 10.5 Å². The summed E-state index contributed by atoms with van der Waals surface area (Å²) in [5.41, 5.74) is 7.94. The maximum atomic E-state index is 6.08. The molecule has 1 aromatic carbocycles. The van der Waals surface area contributed by atoms with Crippen LogP contribution in [-0.2, 0) is 6.54 Å². The van der Waals surface area contributed by atoms with E-state index < -0.39 is 0 Å². The third-order valence-electron chi connectivity index (χ3n) is 4.26. The molecule has 0 aliphatic heterocycles. The molecule has 1 heterocycles. The predicted molar refractivity (Wildman–Crippen MR) is 80.8 cm³/mol. The average Bonchev–Trinajstić information content (AvgIpc) is 3.08. The molecule has 1 aliphatic carbocycles. The Morgan fingerprint density at radius 1 is 1.38 bits per heavy atom.